The summed E-state index contributed by atoms with van der Waals surface area (Å²) < 4.78 is 52.7. The molecule has 2 aromatic carbocycles. The van der Waals surface area contributed by atoms with E-state index >= 15 is 0 Å². The summed E-state index contributed by atoms with van der Waals surface area (Å²) in [6, 6.07) is 15.0. The van der Waals surface area contributed by atoms with Gasteiger partial charge in [0.1, 0.15) is 5.75 Å². The van der Waals surface area contributed by atoms with Gasteiger partial charge < -0.3 is 18.9 Å². The first-order chi connectivity index (χ1) is 13.5. The summed E-state index contributed by atoms with van der Waals surface area (Å²) in [5.41, 5.74) is 1.14. The number of rotatable bonds is 4. The molecule has 0 spiro atoms. The van der Waals surface area contributed by atoms with Crippen LogP contribution in [-0.4, -0.2) is 24.8 Å². The summed E-state index contributed by atoms with van der Waals surface area (Å²) in [5.74, 6) is 0.736. The number of halogens is 3. The van der Waals surface area contributed by atoms with Gasteiger partial charge in [-0.3, -0.25) is 0 Å². The Balaban J connectivity index is 1.66. The van der Waals surface area contributed by atoms with Crippen molar-refractivity contribution in [2.45, 2.75) is 12.4 Å². The zero-order valence-electron chi connectivity index (χ0n) is 15.2. The molecule has 1 aliphatic heterocycles. The van der Waals surface area contributed by atoms with Crippen molar-refractivity contribution in [2.24, 2.45) is 0 Å². The van der Waals surface area contributed by atoms with Crippen molar-refractivity contribution < 1.29 is 22.6 Å². The van der Waals surface area contributed by atoms with Crippen molar-refractivity contribution in [1.82, 2.24) is 4.57 Å². The molecular formula is C21H19F3N2O2. The van der Waals surface area contributed by atoms with E-state index < -0.39 is 11.7 Å². The van der Waals surface area contributed by atoms with Gasteiger partial charge in [0.25, 0.3) is 0 Å². The van der Waals surface area contributed by atoms with Crippen LogP contribution in [0.15, 0.2) is 67.0 Å². The van der Waals surface area contributed by atoms with Crippen molar-refractivity contribution in [1.29, 1.82) is 0 Å². The van der Waals surface area contributed by atoms with Crippen LogP contribution in [0.3, 0.4) is 0 Å². The van der Waals surface area contributed by atoms with Crippen LogP contribution in [0.2, 0.25) is 0 Å². The highest BCUT2D eigenvalue weighted by atomic mass is 19.4. The lowest BCUT2D eigenvalue weighted by Crippen LogP contribution is -2.23. The van der Waals surface area contributed by atoms with Crippen LogP contribution in [0.5, 0.6) is 5.75 Å². The van der Waals surface area contributed by atoms with E-state index in [9.17, 15) is 13.2 Å². The van der Waals surface area contributed by atoms with E-state index in [1.165, 1.54) is 16.7 Å². The Bertz CT molecular complexity index is 968. The second-order valence-corrected chi connectivity index (χ2v) is 6.49. The number of nitrogens with zero attached hydrogens (tertiary/aromatic N) is 2. The molecule has 0 aliphatic carbocycles. The highest BCUT2D eigenvalue weighted by Crippen LogP contribution is 2.36. The number of methoxy groups -OCH3 is 1. The van der Waals surface area contributed by atoms with E-state index in [4.69, 9.17) is 9.47 Å². The number of hydrogen-bond acceptors (Lipinski definition) is 3. The quantitative estimate of drug-likeness (QED) is 0.627. The van der Waals surface area contributed by atoms with E-state index in [1.54, 1.807) is 31.6 Å². The van der Waals surface area contributed by atoms with Crippen LogP contribution in [0, 0.1) is 0 Å². The van der Waals surface area contributed by atoms with E-state index in [1.807, 2.05) is 24.3 Å². The Morgan fingerprint density at radius 2 is 1.89 bits per heavy atom. The smallest absolute Gasteiger partial charge is 0.418 e. The topological polar surface area (TPSA) is 26.6 Å². The Morgan fingerprint density at radius 3 is 2.68 bits per heavy atom. The largest absolute Gasteiger partial charge is 0.497 e. The van der Waals surface area contributed by atoms with Crippen LogP contribution in [0.25, 0.3) is 5.69 Å². The third kappa shape index (κ3) is 3.45. The van der Waals surface area contributed by atoms with E-state index in [2.05, 4.69) is 4.90 Å². The number of hydrogen-bond donors (Lipinski definition) is 0. The SMILES string of the molecule is COc1cccc(N2CCOC2c2ccn(-c3ccccc3C(F)(F)F)c2)c1. The summed E-state index contributed by atoms with van der Waals surface area (Å²) in [5, 5.41) is 0. The number of ether oxygens (including phenoxy) is 2. The van der Waals surface area contributed by atoms with Gasteiger partial charge in [0, 0.05) is 36.3 Å². The average Bonchev–Trinajstić information content (AvgIpc) is 3.36. The molecule has 0 N–H and O–H groups in total. The van der Waals surface area contributed by atoms with Gasteiger partial charge in [0.2, 0.25) is 0 Å². The number of alkyl halides is 3. The third-order valence-corrected chi connectivity index (χ3v) is 4.76. The summed E-state index contributed by atoms with van der Waals surface area (Å²) >= 11 is 0. The van der Waals surface area contributed by atoms with Crippen LogP contribution in [0.1, 0.15) is 17.4 Å². The van der Waals surface area contributed by atoms with Gasteiger partial charge in [-0.15, -0.1) is 0 Å². The van der Waals surface area contributed by atoms with Gasteiger partial charge in [-0.25, -0.2) is 0 Å². The molecule has 0 bridgehead atoms. The second kappa shape index (κ2) is 7.24. The molecule has 1 aliphatic rings. The normalized spacial score (nSPS) is 17.1. The standard InChI is InChI=1S/C21H19F3N2O2/c1-27-17-6-4-5-16(13-17)26-11-12-28-20(26)15-9-10-25(14-15)19-8-3-2-7-18(19)21(22,23)24/h2-10,13-14,20H,11-12H2,1H3. The Hall–Kier alpha value is -2.93. The lowest BCUT2D eigenvalue weighted by Gasteiger charge is -2.25. The van der Waals surface area contributed by atoms with Crippen molar-refractivity contribution >= 4 is 5.69 Å². The Kier molecular flexibility index (Phi) is 4.77. The maximum absolute atomic E-state index is 13.3. The molecule has 0 amide bonds. The molecule has 4 nitrogen and oxygen atoms in total. The fraction of sp³-hybridized carbons (Fsp3) is 0.238. The van der Waals surface area contributed by atoms with Gasteiger partial charge in [0.15, 0.2) is 6.23 Å². The van der Waals surface area contributed by atoms with Gasteiger partial charge in [-0.1, -0.05) is 18.2 Å². The molecule has 0 radical (unpaired) electrons. The minimum absolute atomic E-state index is 0.0900. The molecule has 3 aromatic rings. The van der Waals surface area contributed by atoms with E-state index in [-0.39, 0.29) is 11.9 Å². The lowest BCUT2D eigenvalue weighted by molar-refractivity contribution is -0.137. The lowest BCUT2D eigenvalue weighted by atomic mass is 10.1. The molecule has 0 saturated carbocycles. The van der Waals surface area contributed by atoms with E-state index in [0.717, 1.165) is 23.1 Å². The highest BCUT2D eigenvalue weighted by molar-refractivity contribution is 5.53. The predicted octanol–water partition coefficient (Wildman–Crippen LogP) is 5.04. The Morgan fingerprint density at radius 1 is 1.07 bits per heavy atom. The highest BCUT2D eigenvalue weighted by Gasteiger charge is 2.34. The summed E-state index contributed by atoms with van der Waals surface area (Å²) in [4.78, 5) is 2.07. The zero-order valence-corrected chi connectivity index (χ0v) is 15.2. The van der Waals surface area contributed by atoms with Crippen molar-refractivity contribution in [3.63, 3.8) is 0 Å². The Labute approximate surface area is 160 Å². The molecule has 1 unspecified atom stereocenters. The number of benzene rings is 2. The maximum Gasteiger partial charge on any atom is 0.418 e. The van der Waals surface area contributed by atoms with Crippen molar-refractivity contribution in [2.75, 3.05) is 25.2 Å². The monoisotopic (exact) mass is 388 g/mol. The molecule has 1 saturated heterocycles. The maximum atomic E-state index is 13.3. The third-order valence-electron chi connectivity index (χ3n) is 4.76. The average molecular weight is 388 g/mol. The first-order valence-corrected chi connectivity index (χ1v) is 8.84. The summed E-state index contributed by atoms with van der Waals surface area (Å²) in [6.45, 7) is 1.22. The fourth-order valence-electron chi connectivity index (χ4n) is 3.45. The molecule has 2 heterocycles. The molecule has 7 heteroatoms. The van der Waals surface area contributed by atoms with Crippen LogP contribution in [-0.2, 0) is 10.9 Å². The van der Waals surface area contributed by atoms with Gasteiger partial charge >= 0.3 is 6.18 Å². The van der Waals surface area contributed by atoms with Gasteiger partial charge in [0.05, 0.1) is 25.0 Å². The molecule has 1 aromatic heterocycles. The van der Waals surface area contributed by atoms with Crippen LogP contribution in [0.4, 0.5) is 18.9 Å². The predicted molar refractivity (Wildman–Crippen MR) is 99.8 cm³/mol. The fourth-order valence-corrected chi connectivity index (χ4v) is 3.45. The first-order valence-electron chi connectivity index (χ1n) is 8.84. The molecule has 1 atom stereocenters. The number of para-hydroxylation sites is 1. The molecular weight excluding hydrogens is 369 g/mol. The van der Waals surface area contributed by atoms with Crippen molar-refractivity contribution in [3.8, 4) is 11.4 Å². The molecule has 146 valence electrons. The van der Waals surface area contributed by atoms with E-state index in [0.29, 0.717) is 13.2 Å². The van der Waals surface area contributed by atoms with Crippen LogP contribution >= 0.6 is 0 Å². The minimum atomic E-state index is -4.42. The molecule has 4 rings (SSSR count). The number of anilines is 1. The van der Waals surface area contributed by atoms with Gasteiger partial charge in [-0.05, 0) is 30.3 Å². The van der Waals surface area contributed by atoms with Gasteiger partial charge in [-0.2, -0.15) is 13.2 Å². The first kappa shape index (κ1) is 18.4. The molecule has 1 fully saturated rings. The molecule has 28 heavy (non-hydrogen) atoms. The van der Waals surface area contributed by atoms with Crippen LogP contribution < -0.4 is 9.64 Å². The second-order valence-electron chi connectivity index (χ2n) is 6.49. The minimum Gasteiger partial charge on any atom is -0.497 e. The van der Waals surface area contributed by atoms with Crippen molar-refractivity contribution in [3.05, 3.63) is 78.1 Å². The summed E-state index contributed by atoms with van der Waals surface area (Å²) in [7, 11) is 1.61. The zero-order chi connectivity index (χ0) is 19.7. The number of aromatic nitrogens is 1. The summed E-state index contributed by atoms with van der Waals surface area (Å²) in [6.07, 6.45) is -1.47.